The van der Waals surface area contributed by atoms with Gasteiger partial charge in [0.15, 0.2) is 0 Å². The van der Waals surface area contributed by atoms with E-state index >= 15 is 0 Å². The molecule has 0 saturated heterocycles. The maximum absolute atomic E-state index is 4.65. The molecule has 0 aromatic heterocycles. The van der Waals surface area contributed by atoms with Crippen molar-refractivity contribution in [3.63, 3.8) is 0 Å². The first-order valence-corrected chi connectivity index (χ1v) is 3.45. The maximum Gasteiger partial charge on any atom is 0.0725 e. The number of thioether (sulfide) groups is 1. The second kappa shape index (κ2) is 2.33. The van der Waals surface area contributed by atoms with Gasteiger partial charge >= 0.3 is 0 Å². The predicted octanol–water partition coefficient (Wildman–Crippen LogP) is 1.42. The van der Waals surface area contributed by atoms with E-state index in [1.165, 1.54) is 0 Å². The van der Waals surface area contributed by atoms with Crippen molar-refractivity contribution >= 4 is 29.5 Å². The van der Waals surface area contributed by atoms with Crippen LogP contribution in [0.2, 0.25) is 0 Å². The van der Waals surface area contributed by atoms with Gasteiger partial charge in [-0.25, -0.2) is 0 Å². The summed E-state index contributed by atoms with van der Waals surface area (Å²) >= 11 is 6.40. The van der Waals surface area contributed by atoms with Gasteiger partial charge in [0.2, 0.25) is 0 Å². The van der Waals surface area contributed by atoms with Gasteiger partial charge in [0.1, 0.15) is 0 Å². The van der Waals surface area contributed by atoms with E-state index < -0.39 is 0 Å². The van der Waals surface area contributed by atoms with E-state index in [1.807, 2.05) is 16.5 Å². The van der Waals surface area contributed by atoms with E-state index in [9.17, 15) is 0 Å². The van der Waals surface area contributed by atoms with Crippen LogP contribution in [0.25, 0.3) is 0 Å². The highest BCUT2D eigenvalue weighted by molar-refractivity contribution is 8.02. The minimum absolute atomic E-state index is 0.990. The minimum atomic E-state index is 0.990. The molecule has 0 saturated carbocycles. The molecule has 0 aromatic carbocycles. The van der Waals surface area contributed by atoms with Crippen LogP contribution in [-0.2, 0) is 0 Å². The van der Waals surface area contributed by atoms with Gasteiger partial charge in [-0.1, -0.05) is 12.2 Å². The Morgan fingerprint density at radius 2 is 2.71 bits per heavy atom. The lowest BCUT2D eigenvalue weighted by molar-refractivity contribution is 0.708. The smallest absolute Gasteiger partial charge is 0.0725 e. The highest BCUT2D eigenvalue weighted by atomic mass is 32.2. The normalized spacial score (nSPS) is 18.0. The van der Waals surface area contributed by atoms with Gasteiger partial charge in [-0.05, 0) is 5.41 Å². The van der Waals surface area contributed by atoms with Crippen LogP contribution in [0, 0.1) is 0 Å². The molecule has 0 fully saturated rings. The van der Waals surface area contributed by atoms with Crippen LogP contribution in [0.3, 0.4) is 0 Å². The zero-order valence-corrected chi connectivity index (χ0v) is 5.34. The number of hydrogen-bond acceptors (Lipinski definition) is 2. The van der Waals surface area contributed by atoms with Crippen LogP contribution < -0.4 is 0 Å². The van der Waals surface area contributed by atoms with E-state index in [0.29, 0.717) is 0 Å². The Morgan fingerprint density at radius 3 is 3.00 bits per heavy atom. The summed E-state index contributed by atoms with van der Waals surface area (Å²) in [6.07, 6.45) is 1.97. The predicted molar refractivity (Wildman–Crippen MR) is 37.1 cm³/mol. The van der Waals surface area contributed by atoms with Crippen molar-refractivity contribution in [1.29, 1.82) is 0 Å². The van der Waals surface area contributed by atoms with Crippen molar-refractivity contribution in [3.8, 4) is 0 Å². The summed E-state index contributed by atoms with van der Waals surface area (Å²) in [7, 11) is 0. The Balaban J connectivity index is 2.42. The molecular weight excluding hydrogens is 126 g/mol. The molecular formula is C4H5NS2. The number of thiocarbonyl (C=S) groups is 1. The molecule has 3 heteroatoms. The van der Waals surface area contributed by atoms with Gasteiger partial charge < -0.3 is 4.90 Å². The van der Waals surface area contributed by atoms with Gasteiger partial charge in [-0.3, -0.25) is 0 Å². The number of hydrogen-bond donors (Lipinski definition) is 0. The molecule has 1 rings (SSSR count). The Hall–Kier alpha value is -0.0200. The fourth-order valence-corrected chi connectivity index (χ4v) is 1.26. The summed E-state index contributed by atoms with van der Waals surface area (Å²) in [4.78, 5) is 1.96. The summed E-state index contributed by atoms with van der Waals surface area (Å²) < 4.78 is 0. The summed E-state index contributed by atoms with van der Waals surface area (Å²) in [6.45, 7) is 0. The molecule has 1 aliphatic heterocycles. The summed E-state index contributed by atoms with van der Waals surface area (Å²) in [6, 6.07) is 0. The zero-order valence-electron chi connectivity index (χ0n) is 3.70. The summed E-state index contributed by atoms with van der Waals surface area (Å²) in [5, 5.41) is 2.03. The largest absolute Gasteiger partial charge is 0.335 e. The topological polar surface area (TPSA) is 3.24 Å². The van der Waals surface area contributed by atoms with Crippen LogP contribution >= 0.6 is 24.0 Å². The van der Waals surface area contributed by atoms with Gasteiger partial charge in [0.25, 0.3) is 0 Å². The Kier molecular flexibility index (Phi) is 1.70. The van der Waals surface area contributed by atoms with Gasteiger partial charge in [-0.15, -0.1) is 11.8 Å². The molecule has 1 nitrogen and oxygen atoms in total. The molecule has 38 valence electrons. The first-order valence-electron chi connectivity index (χ1n) is 1.93. The Bertz CT molecular complexity index is 99.9. The minimum Gasteiger partial charge on any atom is -0.335 e. The highest BCUT2D eigenvalue weighted by Gasteiger charge is 1.97. The molecule has 0 N–H and O–H groups in total. The monoisotopic (exact) mass is 131 g/mol. The maximum atomic E-state index is 4.65. The second-order valence-corrected chi connectivity index (χ2v) is 2.28. The first-order chi connectivity index (χ1) is 3.43. The van der Waals surface area contributed by atoms with E-state index in [2.05, 4.69) is 12.2 Å². The van der Waals surface area contributed by atoms with Gasteiger partial charge in [-0.2, -0.15) is 0 Å². The van der Waals surface area contributed by atoms with Crippen LogP contribution in [0.1, 0.15) is 0 Å². The lowest BCUT2D eigenvalue weighted by Gasteiger charge is -2.01. The second-order valence-electron chi connectivity index (χ2n) is 1.20. The molecule has 1 heterocycles. The third kappa shape index (κ3) is 1.17. The quantitative estimate of drug-likeness (QED) is 0.495. The zero-order chi connectivity index (χ0) is 5.11. The van der Waals surface area contributed by atoms with Gasteiger partial charge in [0, 0.05) is 6.20 Å². The third-order valence-corrected chi connectivity index (χ3v) is 1.74. The molecule has 0 bridgehead atoms. The van der Waals surface area contributed by atoms with Crippen LogP contribution in [0.15, 0.2) is 11.6 Å². The van der Waals surface area contributed by atoms with Crippen molar-refractivity contribution in [2.75, 3.05) is 5.88 Å². The van der Waals surface area contributed by atoms with Crippen molar-refractivity contribution in [1.82, 2.24) is 4.90 Å². The lowest BCUT2D eigenvalue weighted by atomic mass is 10.9. The van der Waals surface area contributed by atoms with Crippen molar-refractivity contribution in [2.24, 2.45) is 0 Å². The molecule has 0 unspecified atom stereocenters. The lowest BCUT2D eigenvalue weighted by Crippen LogP contribution is -2.06. The Labute approximate surface area is 52.4 Å². The third-order valence-electron chi connectivity index (χ3n) is 0.708. The van der Waals surface area contributed by atoms with E-state index in [0.717, 1.165) is 5.88 Å². The van der Waals surface area contributed by atoms with Gasteiger partial charge in [0.05, 0.1) is 11.4 Å². The SMILES string of the molecule is S=CN1C=CSC1. The standard InChI is InChI=1S/C4H5NS2/c6-3-5-1-2-7-4-5/h1-3H,4H2. The van der Waals surface area contributed by atoms with E-state index in [1.54, 1.807) is 17.3 Å². The Morgan fingerprint density at radius 1 is 1.86 bits per heavy atom. The summed E-state index contributed by atoms with van der Waals surface area (Å²) in [5.74, 6) is 0.990. The molecule has 0 radical (unpaired) electrons. The van der Waals surface area contributed by atoms with E-state index in [4.69, 9.17) is 0 Å². The van der Waals surface area contributed by atoms with Crippen molar-refractivity contribution in [2.45, 2.75) is 0 Å². The number of rotatable bonds is 1. The van der Waals surface area contributed by atoms with Crippen molar-refractivity contribution < 1.29 is 0 Å². The molecule has 0 spiro atoms. The van der Waals surface area contributed by atoms with Crippen molar-refractivity contribution in [3.05, 3.63) is 11.6 Å². The van der Waals surface area contributed by atoms with Crippen LogP contribution in [0.4, 0.5) is 0 Å². The highest BCUT2D eigenvalue weighted by Crippen LogP contribution is 2.12. The molecule has 0 aromatic rings. The fraction of sp³-hybridized carbons (Fsp3) is 0.250. The molecule has 1 aliphatic rings. The molecule has 7 heavy (non-hydrogen) atoms. The fourth-order valence-electron chi connectivity index (χ4n) is 0.359. The summed E-state index contributed by atoms with van der Waals surface area (Å²) in [5.41, 5.74) is 1.65. The molecule has 0 amide bonds. The first kappa shape index (κ1) is 5.12. The number of nitrogens with zero attached hydrogens (tertiary/aromatic N) is 1. The van der Waals surface area contributed by atoms with Crippen LogP contribution in [0.5, 0.6) is 0 Å². The average Bonchev–Trinajstić information content (AvgIpc) is 2.14. The average molecular weight is 131 g/mol. The molecule has 0 atom stereocenters. The van der Waals surface area contributed by atoms with Crippen LogP contribution in [-0.4, -0.2) is 16.3 Å². The molecule has 0 aliphatic carbocycles. The van der Waals surface area contributed by atoms with E-state index in [-0.39, 0.29) is 0 Å².